The third kappa shape index (κ3) is 5.93. The molecule has 3 N–H and O–H groups in total. The SMILES string of the molecule is Cc1ccc(S(=O)(=O)NCc2ccco2)cc1C(=O)NC(C)CCC(=O)O. The lowest BCUT2D eigenvalue weighted by Crippen LogP contribution is -2.33. The summed E-state index contributed by atoms with van der Waals surface area (Å²) in [6, 6.07) is 7.23. The molecule has 0 saturated heterocycles. The first kappa shape index (κ1) is 20.7. The molecule has 0 fully saturated rings. The van der Waals surface area contributed by atoms with Crippen molar-refractivity contribution in [2.75, 3.05) is 0 Å². The van der Waals surface area contributed by atoms with Gasteiger partial charge in [0.15, 0.2) is 0 Å². The van der Waals surface area contributed by atoms with Gasteiger partial charge in [0.25, 0.3) is 5.91 Å². The number of hydrogen-bond donors (Lipinski definition) is 3. The number of carboxylic acid groups (broad SMARTS) is 1. The van der Waals surface area contributed by atoms with Gasteiger partial charge in [0.05, 0.1) is 17.7 Å². The van der Waals surface area contributed by atoms with Gasteiger partial charge >= 0.3 is 5.97 Å². The van der Waals surface area contributed by atoms with E-state index in [1.165, 1.54) is 18.4 Å². The molecule has 0 bridgehead atoms. The first-order chi connectivity index (χ1) is 12.7. The summed E-state index contributed by atoms with van der Waals surface area (Å²) >= 11 is 0. The van der Waals surface area contributed by atoms with Crippen LogP contribution in [0.3, 0.4) is 0 Å². The van der Waals surface area contributed by atoms with Crippen LogP contribution in [0.4, 0.5) is 0 Å². The zero-order valence-electron chi connectivity index (χ0n) is 15.1. The summed E-state index contributed by atoms with van der Waals surface area (Å²) in [5.41, 5.74) is 0.834. The van der Waals surface area contributed by atoms with Gasteiger partial charge in [-0.2, -0.15) is 0 Å². The second-order valence-corrected chi connectivity index (χ2v) is 7.95. The fourth-order valence-electron chi connectivity index (χ4n) is 2.39. The summed E-state index contributed by atoms with van der Waals surface area (Å²) in [5, 5.41) is 11.4. The minimum absolute atomic E-state index is 0.00301. The van der Waals surface area contributed by atoms with E-state index in [4.69, 9.17) is 9.52 Å². The number of amides is 1. The van der Waals surface area contributed by atoms with Crippen molar-refractivity contribution in [2.24, 2.45) is 0 Å². The summed E-state index contributed by atoms with van der Waals surface area (Å²) < 4.78 is 32.4. The Morgan fingerprint density at radius 2 is 2.00 bits per heavy atom. The Labute approximate surface area is 157 Å². The first-order valence-electron chi connectivity index (χ1n) is 8.34. The Kier molecular flexibility index (Phi) is 6.75. The highest BCUT2D eigenvalue weighted by Crippen LogP contribution is 2.17. The molecule has 8 nitrogen and oxygen atoms in total. The highest BCUT2D eigenvalue weighted by Gasteiger charge is 2.19. The van der Waals surface area contributed by atoms with Crippen LogP contribution in [0.5, 0.6) is 0 Å². The largest absolute Gasteiger partial charge is 0.481 e. The lowest BCUT2D eigenvalue weighted by atomic mass is 10.1. The Balaban J connectivity index is 2.12. The fourth-order valence-corrected chi connectivity index (χ4v) is 3.41. The van der Waals surface area contributed by atoms with Crippen molar-refractivity contribution in [3.05, 3.63) is 53.5 Å². The number of rotatable bonds is 9. The number of carboxylic acids is 1. The van der Waals surface area contributed by atoms with E-state index in [-0.39, 0.29) is 35.9 Å². The standard InChI is InChI=1S/C18H22N2O6S/c1-12-5-7-15(27(24,25)19-11-14-4-3-9-26-14)10-16(12)18(23)20-13(2)6-8-17(21)22/h3-5,7,9-10,13,19H,6,8,11H2,1-2H3,(H,20,23)(H,21,22). The molecular weight excluding hydrogens is 372 g/mol. The van der Waals surface area contributed by atoms with Crippen LogP contribution >= 0.6 is 0 Å². The van der Waals surface area contributed by atoms with E-state index in [1.54, 1.807) is 32.0 Å². The number of carbonyl (C=O) groups is 2. The van der Waals surface area contributed by atoms with E-state index in [0.717, 1.165) is 0 Å². The van der Waals surface area contributed by atoms with Crippen LogP contribution in [-0.2, 0) is 21.4 Å². The average molecular weight is 394 g/mol. The van der Waals surface area contributed by atoms with Gasteiger partial charge in [-0.25, -0.2) is 13.1 Å². The van der Waals surface area contributed by atoms with Crippen LogP contribution in [0.25, 0.3) is 0 Å². The van der Waals surface area contributed by atoms with E-state index in [1.807, 2.05) is 0 Å². The van der Waals surface area contributed by atoms with Crippen LogP contribution in [0.2, 0.25) is 0 Å². The number of nitrogens with one attached hydrogen (secondary N) is 2. The quantitative estimate of drug-likeness (QED) is 0.598. The van der Waals surface area contributed by atoms with Crippen LogP contribution in [0.15, 0.2) is 45.9 Å². The van der Waals surface area contributed by atoms with E-state index >= 15 is 0 Å². The zero-order valence-corrected chi connectivity index (χ0v) is 15.9. The van der Waals surface area contributed by atoms with Crippen molar-refractivity contribution >= 4 is 21.9 Å². The van der Waals surface area contributed by atoms with Gasteiger partial charge in [-0.05, 0) is 50.1 Å². The lowest BCUT2D eigenvalue weighted by Gasteiger charge is -2.15. The number of furan rings is 1. The van der Waals surface area contributed by atoms with Crippen LogP contribution in [0.1, 0.15) is 41.4 Å². The highest BCUT2D eigenvalue weighted by molar-refractivity contribution is 7.89. The monoisotopic (exact) mass is 394 g/mol. The van der Waals surface area contributed by atoms with Crippen molar-refractivity contribution in [3.8, 4) is 0 Å². The van der Waals surface area contributed by atoms with Crippen LogP contribution in [0, 0.1) is 6.92 Å². The number of aryl methyl sites for hydroxylation is 1. The molecule has 0 radical (unpaired) electrons. The molecule has 0 aliphatic carbocycles. The molecule has 0 aliphatic rings. The van der Waals surface area contributed by atoms with Gasteiger partial charge in [-0.3, -0.25) is 9.59 Å². The molecule has 27 heavy (non-hydrogen) atoms. The summed E-state index contributed by atoms with van der Waals surface area (Å²) in [6.07, 6.45) is 1.66. The van der Waals surface area contributed by atoms with Gasteiger partial charge < -0.3 is 14.8 Å². The number of sulfonamides is 1. The van der Waals surface area contributed by atoms with Gasteiger partial charge in [0.2, 0.25) is 10.0 Å². The van der Waals surface area contributed by atoms with Crippen molar-refractivity contribution < 1.29 is 27.5 Å². The molecule has 0 saturated carbocycles. The normalized spacial score (nSPS) is 12.5. The maximum atomic E-state index is 12.5. The van der Waals surface area contributed by atoms with Crippen LogP contribution in [-0.4, -0.2) is 31.4 Å². The van der Waals surface area contributed by atoms with Gasteiger partial charge in [0, 0.05) is 18.0 Å². The highest BCUT2D eigenvalue weighted by atomic mass is 32.2. The maximum Gasteiger partial charge on any atom is 0.303 e. The number of hydrogen-bond acceptors (Lipinski definition) is 5. The summed E-state index contributed by atoms with van der Waals surface area (Å²) in [4.78, 5) is 23.0. The molecule has 2 aromatic rings. The van der Waals surface area contributed by atoms with Crippen molar-refractivity contribution in [2.45, 2.75) is 44.2 Å². The second kappa shape index (κ2) is 8.83. The smallest absolute Gasteiger partial charge is 0.303 e. The molecule has 1 atom stereocenters. The number of aliphatic carboxylic acids is 1. The number of carbonyl (C=O) groups excluding carboxylic acids is 1. The Bertz CT molecular complexity index is 906. The maximum absolute atomic E-state index is 12.5. The van der Waals surface area contributed by atoms with Crippen molar-refractivity contribution in [3.63, 3.8) is 0 Å². The van der Waals surface area contributed by atoms with Crippen molar-refractivity contribution in [1.29, 1.82) is 0 Å². The van der Waals surface area contributed by atoms with Crippen molar-refractivity contribution in [1.82, 2.24) is 10.0 Å². The minimum atomic E-state index is -3.83. The summed E-state index contributed by atoms with van der Waals surface area (Å²) in [6.45, 7) is 3.39. The van der Waals surface area contributed by atoms with Crippen LogP contribution < -0.4 is 10.0 Å². The predicted molar refractivity (Wildman–Crippen MR) is 97.7 cm³/mol. The van der Waals surface area contributed by atoms with E-state index in [9.17, 15) is 18.0 Å². The average Bonchev–Trinajstić information content (AvgIpc) is 3.12. The minimum Gasteiger partial charge on any atom is -0.481 e. The first-order valence-corrected chi connectivity index (χ1v) is 9.82. The molecule has 2 rings (SSSR count). The van der Waals surface area contributed by atoms with E-state index < -0.39 is 21.9 Å². The third-order valence-electron chi connectivity index (χ3n) is 3.95. The molecule has 9 heteroatoms. The topological polar surface area (TPSA) is 126 Å². The molecule has 0 aliphatic heterocycles. The Morgan fingerprint density at radius 1 is 1.26 bits per heavy atom. The van der Waals surface area contributed by atoms with Gasteiger partial charge in [0.1, 0.15) is 5.76 Å². The molecule has 1 heterocycles. The molecule has 1 unspecified atom stereocenters. The number of benzene rings is 1. The van der Waals surface area contributed by atoms with E-state index in [2.05, 4.69) is 10.0 Å². The Hall–Kier alpha value is -2.65. The van der Waals surface area contributed by atoms with E-state index in [0.29, 0.717) is 11.3 Å². The third-order valence-corrected chi connectivity index (χ3v) is 5.35. The van der Waals surface area contributed by atoms with Gasteiger partial charge in [-0.15, -0.1) is 0 Å². The Morgan fingerprint density at radius 3 is 2.63 bits per heavy atom. The molecule has 1 amide bonds. The second-order valence-electron chi connectivity index (χ2n) is 6.19. The predicted octanol–water partition coefficient (Wildman–Crippen LogP) is 2.05. The summed E-state index contributed by atoms with van der Waals surface area (Å²) in [7, 11) is -3.83. The molecule has 0 spiro atoms. The molecule has 1 aromatic heterocycles. The van der Waals surface area contributed by atoms with Gasteiger partial charge in [-0.1, -0.05) is 6.07 Å². The molecular formula is C18H22N2O6S. The summed E-state index contributed by atoms with van der Waals surface area (Å²) in [5.74, 6) is -0.924. The fraction of sp³-hybridized carbons (Fsp3) is 0.333. The zero-order chi connectivity index (χ0) is 20.0. The lowest BCUT2D eigenvalue weighted by molar-refractivity contribution is -0.137. The molecule has 146 valence electrons. The molecule has 1 aromatic carbocycles.